The Morgan fingerprint density at radius 3 is 2.36 bits per heavy atom. The van der Waals surface area contributed by atoms with Gasteiger partial charge in [0.25, 0.3) is 0 Å². The van der Waals surface area contributed by atoms with Gasteiger partial charge in [-0.15, -0.1) is 0 Å². The lowest BCUT2D eigenvalue weighted by molar-refractivity contribution is 0.668. The fourth-order valence-corrected chi connectivity index (χ4v) is 4.43. The summed E-state index contributed by atoms with van der Waals surface area (Å²) in [5.41, 5.74) is 7.43. The molecule has 0 fully saturated rings. The predicted molar refractivity (Wildman–Crippen MR) is 110 cm³/mol. The molecule has 0 radical (unpaired) electrons. The summed E-state index contributed by atoms with van der Waals surface area (Å²) in [6.45, 7) is 4.60. The summed E-state index contributed by atoms with van der Waals surface area (Å²) in [4.78, 5) is 0. The SMILES string of the molecule is CCCC1=Cc2cccc(-c3cccc4ccccc34)c2C1CCC. The maximum absolute atomic E-state index is 2.47. The normalized spacial score (nSPS) is 16.1. The highest BCUT2D eigenvalue weighted by atomic mass is 14.3. The summed E-state index contributed by atoms with van der Waals surface area (Å²) in [5.74, 6) is 0.593. The molecule has 1 aliphatic rings. The molecule has 4 rings (SSSR count). The van der Waals surface area contributed by atoms with Gasteiger partial charge in [0.2, 0.25) is 0 Å². The van der Waals surface area contributed by atoms with Crippen LogP contribution in [0, 0.1) is 0 Å². The Kier molecular flexibility index (Phi) is 4.44. The zero-order chi connectivity index (χ0) is 17.2. The molecule has 0 spiro atoms. The number of fused-ring (bicyclic) bond motifs is 2. The second-order valence-electron chi connectivity index (χ2n) is 7.15. The molecule has 0 saturated carbocycles. The van der Waals surface area contributed by atoms with Gasteiger partial charge < -0.3 is 0 Å². The van der Waals surface area contributed by atoms with Crippen molar-refractivity contribution >= 4 is 16.8 Å². The summed E-state index contributed by atoms with van der Waals surface area (Å²) in [6, 6.07) is 22.3. The largest absolute Gasteiger partial charge is 0.0653 e. The van der Waals surface area contributed by atoms with E-state index < -0.39 is 0 Å². The van der Waals surface area contributed by atoms with Crippen molar-refractivity contribution in [3.05, 3.63) is 77.4 Å². The van der Waals surface area contributed by atoms with Gasteiger partial charge in [0.05, 0.1) is 0 Å². The molecule has 126 valence electrons. The molecule has 1 aliphatic carbocycles. The minimum atomic E-state index is 0.593. The molecule has 0 N–H and O–H groups in total. The van der Waals surface area contributed by atoms with Crippen LogP contribution in [-0.2, 0) is 0 Å². The van der Waals surface area contributed by atoms with E-state index in [-0.39, 0.29) is 0 Å². The lowest BCUT2D eigenvalue weighted by atomic mass is 9.84. The van der Waals surface area contributed by atoms with Gasteiger partial charge in [0.1, 0.15) is 0 Å². The van der Waals surface area contributed by atoms with Gasteiger partial charge in [0, 0.05) is 5.92 Å². The summed E-state index contributed by atoms with van der Waals surface area (Å²) in [5, 5.41) is 2.68. The van der Waals surface area contributed by atoms with Crippen molar-refractivity contribution < 1.29 is 0 Å². The third kappa shape index (κ3) is 2.80. The smallest absolute Gasteiger partial charge is 0.00634 e. The number of benzene rings is 3. The molecule has 0 saturated heterocycles. The van der Waals surface area contributed by atoms with Crippen molar-refractivity contribution in [1.29, 1.82) is 0 Å². The Labute approximate surface area is 151 Å². The quantitative estimate of drug-likeness (QED) is 0.453. The van der Waals surface area contributed by atoms with Crippen molar-refractivity contribution in [2.75, 3.05) is 0 Å². The minimum absolute atomic E-state index is 0.593. The molecule has 0 heterocycles. The molecule has 1 atom stereocenters. The van der Waals surface area contributed by atoms with E-state index in [2.05, 4.69) is 80.6 Å². The van der Waals surface area contributed by atoms with E-state index in [1.54, 1.807) is 11.1 Å². The van der Waals surface area contributed by atoms with Gasteiger partial charge in [-0.25, -0.2) is 0 Å². The molecule has 0 heteroatoms. The van der Waals surface area contributed by atoms with Crippen molar-refractivity contribution in [2.24, 2.45) is 0 Å². The first-order valence-corrected chi connectivity index (χ1v) is 9.65. The average Bonchev–Trinajstić information content (AvgIpc) is 2.99. The number of allylic oxidation sites excluding steroid dienone is 1. The molecule has 0 aromatic heterocycles. The maximum Gasteiger partial charge on any atom is 0.00634 e. The maximum atomic E-state index is 2.47. The Morgan fingerprint density at radius 1 is 0.760 bits per heavy atom. The van der Waals surface area contributed by atoms with Gasteiger partial charge in [0.15, 0.2) is 0 Å². The zero-order valence-corrected chi connectivity index (χ0v) is 15.3. The van der Waals surface area contributed by atoms with E-state index in [4.69, 9.17) is 0 Å². The molecule has 0 amide bonds. The highest BCUT2D eigenvalue weighted by Gasteiger charge is 2.27. The van der Waals surface area contributed by atoms with E-state index >= 15 is 0 Å². The molecular weight excluding hydrogens is 300 g/mol. The molecule has 0 aliphatic heterocycles. The van der Waals surface area contributed by atoms with Crippen LogP contribution < -0.4 is 0 Å². The van der Waals surface area contributed by atoms with Crippen LogP contribution in [0.5, 0.6) is 0 Å². The van der Waals surface area contributed by atoms with Gasteiger partial charge in [-0.1, -0.05) is 99.0 Å². The first-order valence-electron chi connectivity index (χ1n) is 9.65. The summed E-state index contributed by atoms with van der Waals surface area (Å²) in [7, 11) is 0. The second kappa shape index (κ2) is 6.88. The van der Waals surface area contributed by atoms with E-state index in [0.717, 1.165) is 0 Å². The fraction of sp³-hybridized carbons (Fsp3) is 0.280. The highest BCUT2D eigenvalue weighted by Crippen LogP contribution is 2.46. The summed E-state index contributed by atoms with van der Waals surface area (Å²) in [6.07, 6.45) is 7.39. The van der Waals surface area contributed by atoms with Gasteiger partial charge >= 0.3 is 0 Å². The topological polar surface area (TPSA) is 0 Å². The Balaban J connectivity index is 1.91. The van der Waals surface area contributed by atoms with Crippen LogP contribution in [0.4, 0.5) is 0 Å². The molecule has 1 unspecified atom stereocenters. The summed E-state index contributed by atoms with van der Waals surface area (Å²) >= 11 is 0. The average molecular weight is 326 g/mol. The molecule has 3 aromatic rings. The third-order valence-electron chi connectivity index (χ3n) is 5.47. The van der Waals surface area contributed by atoms with Crippen LogP contribution in [0.1, 0.15) is 56.6 Å². The molecule has 25 heavy (non-hydrogen) atoms. The standard InChI is InChI=1S/C25H26/c1-3-9-19-17-20-13-8-16-24(25(20)22(19)10-4-2)23-15-7-12-18-11-5-6-14-21(18)23/h5-8,11-17,22H,3-4,9-10H2,1-2H3. The van der Waals surface area contributed by atoms with Crippen LogP contribution in [0.15, 0.2) is 66.2 Å². The first-order chi connectivity index (χ1) is 12.3. The number of hydrogen-bond donors (Lipinski definition) is 0. The van der Waals surface area contributed by atoms with E-state index in [1.807, 2.05) is 0 Å². The van der Waals surface area contributed by atoms with E-state index in [9.17, 15) is 0 Å². The monoisotopic (exact) mass is 326 g/mol. The van der Waals surface area contributed by atoms with Crippen LogP contribution >= 0.6 is 0 Å². The first kappa shape index (κ1) is 16.1. The minimum Gasteiger partial charge on any atom is -0.0653 e. The van der Waals surface area contributed by atoms with Crippen molar-refractivity contribution in [3.8, 4) is 11.1 Å². The Hall–Kier alpha value is -2.34. The van der Waals surface area contributed by atoms with Crippen molar-refractivity contribution in [1.82, 2.24) is 0 Å². The van der Waals surface area contributed by atoms with Gasteiger partial charge in [-0.2, -0.15) is 0 Å². The van der Waals surface area contributed by atoms with Crippen molar-refractivity contribution in [2.45, 2.75) is 45.4 Å². The van der Waals surface area contributed by atoms with Crippen LogP contribution in [0.25, 0.3) is 28.0 Å². The fourth-order valence-electron chi connectivity index (χ4n) is 4.43. The lowest BCUT2D eigenvalue weighted by Crippen LogP contribution is -2.01. The highest BCUT2D eigenvalue weighted by molar-refractivity contribution is 5.98. The molecule has 0 bridgehead atoms. The Bertz CT molecular complexity index is 924. The summed E-state index contributed by atoms with van der Waals surface area (Å²) < 4.78 is 0. The van der Waals surface area contributed by atoms with E-state index in [1.165, 1.54) is 53.1 Å². The molecule has 0 nitrogen and oxygen atoms in total. The predicted octanol–water partition coefficient (Wildman–Crippen LogP) is 7.59. The van der Waals surface area contributed by atoms with Gasteiger partial charge in [-0.05, 0) is 45.9 Å². The molecule has 3 aromatic carbocycles. The van der Waals surface area contributed by atoms with Crippen molar-refractivity contribution in [3.63, 3.8) is 0 Å². The number of hydrogen-bond acceptors (Lipinski definition) is 0. The lowest BCUT2D eigenvalue weighted by Gasteiger charge is -2.20. The number of rotatable bonds is 5. The Morgan fingerprint density at radius 2 is 1.52 bits per heavy atom. The molecular formula is C25H26. The van der Waals surface area contributed by atoms with Crippen LogP contribution in [0.3, 0.4) is 0 Å². The van der Waals surface area contributed by atoms with Crippen LogP contribution in [-0.4, -0.2) is 0 Å². The zero-order valence-electron chi connectivity index (χ0n) is 15.3. The third-order valence-corrected chi connectivity index (χ3v) is 5.47. The van der Waals surface area contributed by atoms with Gasteiger partial charge in [-0.3, -0.25) is 0 Å². The second-order valence-corrected chi connectivity index (χ2v) is 7.15. The van der Waals surface area contributed by atoms with Crippen LogP contribution in [0.2, 0.25) is 0 Å². The van der Waals surface area contributed by atoms with E-state index in [0.29, 0.717) is 5.92 Å².